The average molecular weight is 563 g/mol. The Bertz CT molecular complexity index is 1100. The van der Waals surface area contributed by atoms with E-state index in [-0.39, 0.29) is 18.1 Å². The number of carbonyl (C=O) groups is 3. The van der Waals surface area contributed by atoms with Crippen LogP contribution in [0.25, 0.3) is 6.08 Å². The Morgan fingerprint density at radius 2 is 1.91 bits per heavy atom. The molecular formula is C23H22IN3O6. The molecule has 2 aliphatic heterocycles. The molecule has 33 heavy (non-hydrogen) atoms. The molecule has 0 spiro atoms. The second-order valence-corrected chi connectivity index (χ2v) is 8.45. The Hall–Kier alpha value is -3.12. The van der Waals surface area contributed by atoms with Crippen molar-refractivity contribution in [2.75, 3.05) is 45.0 Å². The molecule has 10 heteroatoms. The van der Waals surface area contributed by atoms with Gasteiger partial charge < -0.3 is 19.1 Å². The van der Waals surface area contributed by atoms with Gasteiger partial charge in [0.2, 0.25) is 0 Å². The maximum atomic E-state index is 12.8. The van der Waals surface area contributed by atoms with Gasteiger partial charge in [-0.3, -0.25) is 19.8 Å². The lowest BCUT2D eigenvalue weighted by molar-refractivity contribution is -0.137. The van der Waals surface area contributed by atoms with Crippen molar-refractivity contribution in [3.8, 4) is 11.5 Å². The summed E-state index contributed by atoms with van der Waals surface area (Å²) in [6.07, 6.45) is 1.51. The summed E-state index contributed by atoms with van der Waals surface area (Å²) in [7, 11) is 1.49. The smallest absolute Gasteiger partial charge is 0.282 e. The molecule has 2 aliphatic rings. The molecule has 9 nitrogen and oxygen atoms in total. The number of benzene rings is 2. The van der Waals surface area contributed by atoms with Gasteiger partial charge in [0.15, 0.2) is 18.1 Å². The fourth-order valence-corrected chi connectivity index (χ4v) is 4.27. The van der Waals surface area contributed by atoms with Crippen molar-refractivity contribution >= 4 is 52.1 Å². The topological polar surface area (TPSA) is 97.4 Å². The number of nitrogens with one attached hydrogen (secondary N) is 1. The highest BCUT2D eigenvalue weighted by Gasteiger charge is 2.34. The predicted molar refractivity (Wildman–Crippen MR) is 129 cm³/mol. The zero-order valence-corrected chi connectivity index (χ0v) is 20.0. The van der Waals surface area contributed by atoms with E-state index in [0.29, 0.717) is 52.6 Å². The molecule has 4 rings (SSSR count). The quantitative estimate of drug-likeness (QED) is 0.328. The van der Waals surface area contributed by atoms with Crippen LogP contribution in [0.1, 0.15) is 5.56 Å². The summed E-state index contributed by atoms with van der Waals surface area (Å²) in [5, 5.41) is 1.21. The zero-order chi connectivity index (χ0) is 23.4. The van der Waals surface area contributed by atoms with Crippen LogP contribution in [0.3, 0.4) is 0 Å². The molecular weight excluding hydrogens is 541 g/mol. The van der Waals surface area contributed by atoms with Gasteiger partial charge >= 0.3 is 0 Å². The van der Waals surface area contributed by atoms with Gasteiger partial charge in [-0.05, 0) is 58.5 Å². The van der Waals surface area contributed by atoms with E-state index < -0.39 is 11.8 Å². The Balaban J connectivity index is 1.52. The highest BCUT2D eigenvalue weighted by atomic mass is 127. The van der Waals surface area contributed by atoms with E-state index in [4.69, 9.17) is 14.2 Å². The van der Waals surface area contributed by atoms with Crippen LogP contribution in [-0.2, 0) is 19.1 Å². The third-order valence-corrected chi connectivity index (χ3v) is 5.97. The minimum absolute atomic E-state index is 0.00729. The lowest BCUT2D eigenvalue weighted by Gasteiger charge is -2.27. The van der Waals surface area contributed by atoms with Gasteiger partial charge in [0.1, 0.15) is 5.57 Å². The van der Waals surface area contributed by atoms with Gasteiger partial charge in [0.25, 0.3) is 17.7 Å². The molecule has 2 saturated heterocycles. The first-order valence-corrected chi connectivity index (χ1v) is 11.3. The molecule has 0 aromatic heterocycles. The fourth-order valence-electron chi connectivity index (χ4n) is 3.48. The van der Waals surface area contributed by atoms with Crippen molar-refractivity contribution in [1.29, 1.82) is 0 Å². The maximum Gasteiger partial charge on any atom is 0.282 e. The van der Waals surface area contributed by atoms with Crippen LogP contribution in [-0.4, -0.2) is 62.6 Å². The molecule has 2 aromatic carbocycles. The Labute approximate surface area is 204 Å². The van der Waals surface area contributed by atoms with E-state index in [9.17, 15) is 14.4 Å². The monoisotopic (exact) mass is 563 g/mol. The molecule has 2 heterocycles. The number of para-hydroxylation sites is 1. The molecule has 0 unspecified atom stereocenters. The Morgan fingerprint density at radius 1 is 1.18 bits per heavy atom. The predicted octanol–water partition coefficient (Wildman–Crippen LogP) is 2.00. The van der Waals surface area contributed by atoms with E-state index in [1.54, 1.807) is 41.3 Å². The van der Waals surface area contributed by atoms with Crippen LogP contribution < -0.4 is 19.9 Å². The van der Waals surface area contributed by atoms with Gasteiger partial charge in [-0.15, -0.1) is 0 Å². The summed E-state index contributed by atoms with van der Waals surface area (Å²) in [6.45, 7) is 1.99. The summed E-state index contributed by atoms with van der Waals surface area (Å²) in [4.78, 5) is 39.4. The first-order valence-electron chi connectivity index (χ1n) is 10.3. The van der Waals surface area contributed by atoms with Crippen LogP contribution in [0, 0.1) is 3.57 Å². The number of carbonyl (C=O) groups excluding carboxylic acids is 3. The van der Waals surface area contributed by atoms with Crippen molar-refractivity contribution in [3.63, 3.8) is 0 Å². The number of morpholine rings is 1. The van der Waals surface area contributed by atoms with Crippen LogP contribution >= 0.6 is 22.6 Å². The van der Waals surface area contributed by atoms with E-state index in [1.165, 1.54) is 18.2 Å². The highest BCUT2D eigenvalue weighted by molar-refractivity contribution is 14.1. The second-order valence-electron chi connectivity index (χ2n) is 7.29. The maximum absolute atomic E-state index is 12.8. The number of amides is 3. The number of rotatable bonds is 6. The Kier molecular flexibility index (Phi) is 7.14. The largest absolute Gasteiger partial charge is 0.493 e. The number of nitrogens with zero attached hydrogens (tertiary/aromatic N) is 2. The third-order valence-electron chi connectivity index (χ3n) is 5.17. The molecule has 0 aliphatic carbocycles. The number of anilines is 1. The highest BCUT2D eigenvalue weighted by Crippen LogP contribution is 2.35. The molecule has 0 saturated carbocycles. The van der Waals surface area contributed by atoms with E-state index in [1.807, 2.05) is 6.07 Å². The van der Waals surface area contributed by atoms with Crippen LogP contribution in [0.4, 0.5) is 5.69 Å². The normalized spacial score (nSPS) is 17.3. The van der Waals surface area contributed by atoms with E-state index >= 15 is 0 Å². The molecule has 1 N–H and O–H groups in total. The molecule has 0 atom stereocenters. The summed E-state index contributed by atoms with van der Waals surface area (Å²) in [6, 6.07) is 12.3. The van der Waals surface area contributed by atoms with E-state index in [2.05, 4.69) is 28.0 Å². The Morgan fingerprint density at radius 3 is 2.61 bits per heavy atom. The minimum Gasteiger partial charge on any atom is -0.493 e. The van der Waals surface area contributed by atoms with Gasteiger partial charge in [-0.1, -0.05) is 18.2 Å². The number of hydrogen-bond donors (Lipinski definition) is 1. The van der Waals surface area contributed by atoms with Crippen molar-refractivity contribution in [1.82, 2.24) is 10.3 Å². The number of methoxy groups -OCH3 is 1. The third kappa shape index (κ3) is 5.11. The van der Waals surface area contributed by atoms with Gasteiger partial charge in [0.05, 0.1) is 29.6 Å². The number of halogens is 1. The summed E-state index contributed by atoms with van der Waals surface area (Å²) in [5.41, 5.74) is 3.75. The van der Waals surface area contributed by atoms with Crippen molar-refractivity contribution in [2.45, 2.75) is 0 Å². The van der Waals surface area contributed by atoms with Crippen molar-refractivity contribution < 1.29 is 28.6 Å². The van der Waals surface area contributed by atoms with Crippen molar-refractivity contribution in [2.24, 2.45) is 0 Å². The molecule has 3 amide bonds. The summed E-state index contributed by atoms with van der Waals surface area (Å²) in [5.74, 6) is -0.244. The van der Waals surface area contributed by atoms with Gasteiger partial charge in [-0.2, -0.15) is 0 Å². The van der Waals surface area contributed by atoms with Crippen molar-refractivity contribution in [3.05, 3.63) is 57.2 Å². The van der Waals surface area contributed by atoms with Crippen LogP contribution in [0.5, 0.6) is 11.5 Å². The first kappa shape index (κ1) is 23.1. The average Bonchev–Trinajstić information content (AvgIpc) is 3.12. The van der Waals surface area contributed by atoms with Gasteiger partial charge in [0, 0.05) is 13.1 Å². The number of hydrogen-bond acceptors (Lipinski definition) is 6. The second kappa shape index (κ2) is 10.2. The standard InChI is InChI=1S/C23H22IN3O6/c1-31-19-13-15(11-17-22(29)25-27(23(17)30)16-5-3-2-4-6-16)12-18(24)21(19)33-14-20(28)26-7-9-32-10-8-26/h2-6,11-13H,7-10,14H2,1H3,(H,25,29)/b17-11-. The molecule has 2 aromatic rings. The molecule has 172 valence electrons. The first-order chi connectivity index (χ1) is 16.0. The summed E-state index contributed by atoms with van der Waals surface area (Å²) >= 11 is 2.07. The number of ether oxygens (including phenoxy) is 3. The fraction of sp³-hybridized carbons (Fsp3) is 0.261. The zero-order valence-electron chi connectivity index (χ0n) is 17.9. The lowest BCUT2D eigenvalue weighted by Crippen LogP contribution is -2.43. The molecule has 0 bridgehead atoms. The molecule has 0 radical (unpaired) electrons. The van der Waals surface area contributed by atoms with Gasteiger partial charge in [-0.25, -0.2) is 5.01 Å². The van der Waals surface area contributed by atoms with Crippen LogP contribution in [0.2, 0.25) is 0 Å². The lowest BCUT2D eigenvalue weighted by atomic mass is 10.1. The molecule has 2 fully saturated rings. The minimum atomic E-state index is -0.491. The van der Waals surface area contributed by atoms with E-state index in [0.717, 1.165) is 0 Å². The SMILES string of the molecule is COc1cc(/C=C2/C(=O)NN(c3ccccc3)C2=O)cc(I)c1OCC(=O)N1CCOCC1. The van der Waals surface area contributed by atoms with Crippen LogP contribution in [0.15, 0.2) is 48.0 Å². The summed E-state index contributed by atoms with van der Waals surface area (Å²) < 4.78 is 17.2. The number of hydrazine groups is 1.